The zero-order valence-electron chi connectivity index (χ0n) is 17.3. The summed E-state index contributed by atoms with van der Waals surface area (Å²) in [6.07, 6.45) is 0.203. The molecule has 0 aromatic heterocycles. The van der Waals surface area contributed by atoms with E-state index in [9.17, 15) is 19.5 Å². The van der Waals surface area contributed by atoms with E-state index >= 15 is 0 Å². The number of carbonyl (C=O) groups excluding carboxylic acids is 2. The minimum atomic E-state index is -1.50. The summed E-state index contributed by atoms with van der Waals surface area (Å²) in [7, 11) is 0. The first-order chi connectivity index (χ1) is 13.6. The highest BCUT2D eigenvalue weighted by Gasteiger charge is 2.40. The van der Waals surface area contributed by atoms with Crippen LogP contribution in [0, 0.1) is 5.41 Å². The van der Waals surface area contributed by atoms with Crippen molar-refractivity contribution in [3.05, 3.63) is 71.3 Å². The molecular weight excluding hydrogens is 368 g/mol. The number of nitrogens with one attached hydrogen (secondary N) is 2. The van der Waals surface area contributed by atoms with Gasteiger partial charge in [-0.1, -0.05) is 70.2 Å². The molecule has 2 aromatic carbocycles. The Morgan fingerprint density at radius 1 is 0.931 bits per heavy atom. The topological polar surface area (TPSA) is 95.5 Å². The second-order valence-electron chi connectivity index (χ2n) is 8.01. The predicted molar refractivity (Wildman–Crippen MR) is 111 cm³/mol. The Kier molecular flexibility index (Phi) is 6.80. The van der Waals surface area contributed by atoms with Crippen LogP contribution in [0.2, 0.25) is 0 Å². The highest BCUT2D eigenvalue weighted by Crippen LogP contribution is 2.26. The van der Waals surface area contributed by atoms with E-state index in [1.54, 1.807) is 61.5 Å². The van der Waals surface area contributed by atoms with Crippen LogP contribution in [0.5, 0.6) is 0 Å². The van der Waals surface area contributed by atoms with Gasteiger partial charge in [0, 0.05) is 17.5 Å². The third-order valence-corrected chi connectivity index (χ3v) is 4.84. The smallest absolute Gasteiger partial charge is 0.334 e. The maximum atomic E-state index is 12.8. The van der Waals surface area contributed by atoms with Gasteiger partial charge in [0.15, 0.2) is 5.54 Å². The fourth-order valence-corrected chi connectivity index (χ4v) is 2.90. The zero-order chi connectivity index (χ0) is 21.7. The first kappa shape index (κ1) is 22.1. The maximum Gasteiger partial charge on any atom is 0.334 e. The second kappa shape index (κ2) is 8.90. The van der Waals surface area contributed by atoms with E-state index in [4.69, 9.17) is 0 Å². The highest BCUT2D eigenvalue weighted by molar-refractivity contribution is 5.98. The number of rotatable bonds is 7. The van der Waals surface area contributed by atoms with Gasteiger partial charge in [-0.05, 0) is 29.7 Å². The first-order valence-corrected chi connectivity index (χ1v) is 9.59. The fraction of sp³-hybridized carbons (Fsp3) is 0.348. The second-order valence-corrected chi connectivity index (χ2v) is 8.01. The van der Waals surface area contributed by atoms with Gasteiger partial charge in [0.1, 0.15) is 0 Å². The first-order valence-electron chi connectivity index (χ1n) is 9.59. The van der Waals surface area contributed by atoms with Gasteiger partial charge in [-0.25, -0.2) is 4.79 Å². The number of benzene rings is 2. The molecular formula is C23H28N2O4. The summed E-state index contributed by atoms with van der Waals surface area (Å²) in [5.74, 6) is -1.64. The summed E-state index contributed by atoms with van der Waals surface area (Å²) >= 11 is 0. The molecule has 0 bridgehead atoms. The van der Waals surface area contributed by atoms with Crippen LogP contribution in [0.25, 0.3) is 0 Å². The van der Waals surface area contributed by atoms with E-state index in [-0.39, 0.29) is 12.3 Å². The van der Waals surface area contributed by atoms with E-state index in [0.717, 1.165) is 5.56 Å². The van der Waals surface area contributed by atoms with Crippen molar-refractivity contribution in [3.8, 4) is 0 Å². The van der Waals surface area contributed by atoms with Gasteiger partial charge in [-0.3, -0.25) is 9.59 Å². The molecule has 0 aliphatic heterocycles. The molecule has 0 radical (unpaired) electrons. The highest BCUT2D eigenvalue weighted by atomic mass is 16.4. The summed E-state index contributed by atoms with van der Waals surface area (Å²) < 4.78 is 0. The van der Waals surface area contributed by atoms with Gasteiger partial charge < -0.3 is 15.7 Å². The Hall–Kier alpha value is -3.15. The lowest BCUT2D eigenvalue weighted by atomic mass is 9.87. The number of hydrogen-bond donors (Lipinski definition) is 3. The van der Waals surface area contributed by atoms with Gasteiger partial charge in [0.2, 0.25) is 5.91 Å². The van der Waals surface area contributed by atoms with Crippen LogP contribution in [0.1, 0.15) is 55.6 Å². The summed E-state index contributed by atoms with van der Waals surface area (Å²) in [6.45, 7) is 7.60. The Bertz CT molecular complexity index is 870. The lowest BCUT2D eigenvalue weighted by molar-refractivity contribution is -0.145. The number of aliphatic carboxylic acids is 1. The Morgan fingerprint density at radius 2 is 1.52 bits per heavy atom. The molecule has 6 nitrogen and oxygen atoms in total. The van der Waals surface area contributed by atoms with Crippen molar-refractivity contribution in [2.24, 2.45) is 5.41 Å². The SMILES string of the molecule is CCC(NC(=O)c1ccc(CNC(=O)C(C)(C)C)cc1)(C(=O)O)c1ccccc1. The molecule has 2 amide bonds. The third kappa shape index (κ3) is 5.22. The number of carboxylic acid groups (broad SMARTS) is 1. The molecule has 0 saturated heterocycles. The zero-order valence-corrected chi connectivity index (χ0v) is 17.3. The van der Waals surface area contributed by atoms with Crippen LogP contribution >= 0.6 is 0 Å². The normalized spacial score (nSPS) is 13.2. The quantitative estimate of drug-likeness (QED) is 0.668. The van der Waals surface area contributed by atoms with Gasteiger partial charge in [0.25, 0.3) is 5.91 Å². The van der Waals surface area contributed by atoms with Gasteiger partial charge in [-0.2, -0.15) is 0 Å². The molecule has 3 N–H and O–H groups in total. The van der Waals surface area contributed by atoms with Crippen molar-refractivity contribution in [2.75, 3.05) is 0 Å². The largest absolute Gasteiger partial charge is 0.479 e. The standard InChI is InChI=1S/C23H28N2O4/c1-5-23(21(28)29,18-9-7-6-8-10-18)25-19(26)17-13-11-16(12-14-17)15-24-20(27)22(2,3)4/h6-14H,5,15H2,1-4H3,(H,24,27)(H,25,26)(H,28,29). The number of carbonyl (C=O) groups is 3. The molecule has 6 heteroatoms. The van der Waals surface area contributed by atoms with E-state index in [1.165, 1.54) is 0 Å². The predicted octanol–water partition coefficient (Wildman–Crippen LogP) is 3.47. The van der Waals surface area contributed by atoms with Crippen LogP contribution < -0.4 is 10.6 Å². The van der Waals surface area contributed by atoms with Crippen LogP contribution in [-0.4, -0.2) is 22.9 Å². The summed E-state index contributed by atoms with van der Waals surface area (Å²) in [6, 6.07) is 15.4. The molecule has 1 atom stereocenters. The molecule has 0 heterocycles. The Labute approximate surface area is 171 Å². The third-order valence-electron chi connectivity index (χ3n) is 4.84. The molecule has 1 unspecified atom stereocenters. The maximum absolute atomic E-state index is 12.8. The van der Waals surface area contributed by atoms with E-state index in [2.05, 4.69) is 10.6 Å². The average molecular weight is 396 g/mol. The van der Waals surface area contributed by atoms with Crippen molar-refractivity contribution in [1.29, 1.82) is 0 Å². The molecule has 0 aliphatic carbocycles. The van der Waals surface area contributed by atoms with Crippen molar-refractivity contribution in [1.82, 2.24) is 10.6 Å². The molecule has 2 rings (SSSR count). The van der Waals surface area contributed by atoms with E-state index in [0.29, 0.717) is 17.7 Å². The number of hydrogen-bond acceptors (Lipinski definition) is 3. The van der Waals surface area contributed by atoms with Crippen molar-refractivity contribution >= 4 is 17.8 Å². The number of carboxylic acids is 1. The van der Waals surface area contributed by atoms with Crippen LogP contribution in [0.4, 0.5) is 0 Å². The Morgan fingerprint density at radius 3 is 2.00 bits per heavy atom. The Balaban J connectivity index is 2.15. The van der Waals surface area contributed by atoms with Gasteiger partial charge in [0.05, 0.1) is 0 Å². The van der Waals surface area contributed by atoms with Crippen LogP contribution in [-0.2, 0) is 21.7 Å². The fourth-order valence-electron chi connectivity index (χ4n) is 2.90. The van der Waals surface area contributed by atoms with Crippen molar-refractivity contribution in [3.63, 3.8) is 0 Å². The molecule has 154 valence electrons. The lowest BCUT2D eigenvalue weighted by Gasteiger charge is -2.30. The van der Waals surface area contributed by atoms with Crippen molar-refractivity contribution in [2.45, 2.75) is 46.2 Å². The summed E-state index contributed by atoms with van der Waals surface area (Å²) in [5.41, 5.74) is -0.257. The van der Waals surface area contributed by atoms with Crippen LogP contribution in [0.15, 0.2) is 54.6 Å². The van der Waals surface area contributed by atoms with Crippen LogP contribution in [0.3, 0.4) is 0 Å². The monoisotopic (exact) mass is 396 g/mol. The minimum Gasteiger partial charge on any atom is -0.479 e. The molecule has 29 heavy (non-hydrogen) atoms. The summed E-state index contributed by atoms with van der Waals surface area (Å²) in [5, 5.41) is 15.4. The lowest BCUT2D eigenvalue weighted by Crippen LogP contribution is -2.51. The number of amides is 2. The van der Waals surface area contributed by atoms with E-state index in [1.807, 2.05) is 20.8 Å². The van der Waals surface area contributed by atoms with Crippen molar-refractivity contribution < 1.29 is 19.5 Å². The molecule has 0 fully saturated rings. The average Bonchev–Trinajstić information content (AvgIpc) is 2.70. The van der Waals surface area contributed by atoms with E-state index < -0.39 is 22.8 Å². The molecule has 2 aromatic rings. The van der Waals surface area contributed by atoms with Gasteiger partial charge in [-0.15, -0.1) is 0 Å². The van der Waals surface area contributed by atoms with Gasteiger partial charge >= 0.3 is 5.97 Å². The summed E-state index contributed by atoms with van der Waals surface area (Å²) in [4.78, 5) is 36.8. The molecule has 0 saturated carbocycles. The molecule has 0 aliphatic rings. The minimum absolute atomic E-state index is 0.0589. The molecule has 0 spiro atoms.